The number of anilines is 4. The Hall–Kier alpha value is -4.24. The number of aryl methyl sites for hydroxylation is 2. The van der Waals surface area contributed by atoms with Gasteiger partial charge in [-0.25, -0.2) is 4.98 Å². The number of nitrogens with one attached hydrogen (secondary N) is 2. The summed E-state index contributed by atoms with van der Waals surface area (Å²) in [6.45, 7) is 5.78. The molecule has 3 rings (SSSR count). The number of aliphatic hydroxyl groups is 1. The number of aliphatic hydroxyl groups excluding tert-OH is 1. The summed E-state index contributed by atoms with van der Waals surface area (Å²) >= 11 is 0. The molecule has 3 N–H and O–H groups in total. The number of benzene rings is 2. The van der Waals surface area contributed by atoms with E-state index in [0.29, 0.717) is 28.6 Å². The highest BCUT2D eigenvalue weighted by atomic mass is 16.5. The molecule has 172 valence electrons. The summed E-state index contributed by atoms with van der Waals surface area (Å²) in [5, 5.41) is 34.9. The zero-order chi connectivity index (χ0) is 24.7. The number of allylic oxidation sites excluding steroid dienone is 1. The van der Waals surface area contributed by atoms with Gasteiger partial charge in [0.2, 0.25) is 5.95 Å². The van der Waals surface area contributed by atoms with Gasteiger partial charge in [-0.05, 0) is 79.9 Å². The fraction of sp³-hybridized carbons (Fsp3) is 0.231. The van der Waals surface area contributed by atoms with E-state index < -0.39 is 6.10 Å². The van der Waals surface area contributed by atoms with Crippen molar-refractivity contribution in [2.75, 3.05) is 17.7 Å². The lowest BCUT2D eigenvalue weighted by molar-refractivity contribution is 0.167. The van der Waals surface area contributed by atoms with Crippen molar-refractivity contribution in [2.24, 2.45) is 0 Å². The molecule has 1 aromatic heterocycles. The number of methoxy groups -OCH3 is 1. The van der Waals surface area contributed by atoms with Crippen LogP contribution in [-0.2, 0) is 11.3 Å². The maximum atomic E-state index is 10.5. The Morgan fingerprint density at radius 3 is 2.32 bits per heavy atom. The molecule has 0 aliphatic rings. The molecule has 0 spiro atoms. The number of hydrogen-bond donors (Lipinski definition) is 3. The molecule has 0 bridgehead atoms. The van der Waals surface area contributed by atoms with Crippen molar-refractivity contribution in [1.82, 2.24) is 9.97 Å². The zero-order valence-electron chi connectivity index (χ0n) is 19.5. The average Bonchev–Trinajstić information content (AvgIpc) is 2.80. The Morgan fingerprint density at radius 2 is 1.76 bits per heavy atom. The van der Waals surface area contributed by atoms with Crippen LogP contribution in [0.15, 0.2) is 42.5 Å². The minimum absolute atomic E-state index is 0.190. The summed E-state index contributed by atoms with van der Waals surface area (Å²) in [6.07, 6.45) is 2.36. The molecule has 0 aliphatic carbocycles. The highest BCUT2D eigenvalue weighted by Gasteiger charge is 2.20. The van der Waals surface area contributed by atoms with Gasteiger partial charge < -0.3 is 20.5 Å². The van der Waals surface area contributed by atoms with Crippen LogP contribution in [0, 0.1) is 36.5 Å². The van der Waals surface area contributed by atoms with Crippen molar-refractivity contribution in [3.63, 3.8) is 0 Å². The molecule has 1 unspecified atom stereocenters. The Kier molecular flexibility index (Phi) is 7.94. The Labute approximate surface area is 199 Å². The third-order valence-electron chi connectivity index (χ3n) is 5.14. The molecule has 3 aromatic rings. The minimum Gasteiger partial charge on any atom is -0.388 e. The number of hydrogen-bond acceptors (Lipinski definition) is 8. The quantitative estimate of drug-likeness (QED) is 0.397. The van der Waals surface area contributed by atoms with Crippen molar-refractivity contribution in [3.05, 3.63) is 76.0 Å². The first kappa shape index (κ1) is 24.4. The van der Waals surface area contributed by atoms with Crippen LogP contribution in [0.25, 0.3) is 6.08 Å². The monoisotopic (exact) mass is 454 g/mol. The summed E-state index contributed by atoms with van der Waals surface area (Å²) in [6, 6.07) is 15.0. The van der Waals surface area contributed by atoms with Crippen LogP contribution in [0.4, 0.5) is 23.1 Å². The van der Waals surface area contributed by atoms with E-state index in [1.54, 1.807) is 44.4 Å². The first-order valence-corrected chi connectivity index (χ1v) is 10.7. The molecule has 34 heavy (non-hydrogen) atoms. The van der Waals surface area contributed by atoms with Crippen molar-refractivity contribution in [1.29, 1.82) is 10.5 Å². The van der Waals surface area contributed by atoms with Gasteiger partial charge in [0.25, 0.3) is 0 Å². The third-order valence-corrected chi connectivity index (χ3v) is 5.14. The SMILES string of the molecule is COCc1nc(Nc2ccc(C#N)cc2)nc(Nc2c(C)cc(/C=C/C#N)cc2C)c1C(C)O. The lowest BCUT2D eigenvalue weighted by atomic mass is 10.0. The summed E-state index contributed by atoms with van der Waals surface area (Å²) < 4.78 is 5.33. The van der Waals surface area contributed by atoms with Gasteiger partial charge >= 0.3 is 0 Å². The van der Waals surface area contributed by atoms with Gasteiger partial charge in [-0.3, -0.25) is 0 Å². The first-order valence-electron chi connectivity index (χ1n) is 10.7. The second kappa shape index (κ2) is 11.1. The second-order valence-electron chi connectivity index (χ2n) is 7.80. The maximum absolute atomic E-state index is 10.5. The molecular weight excluding hydrogens is 428 g/mol. The number of rotatable bonds is 8. The molecule has 0 fully saturated rings. The van der Waals surface area contributed by atoms with Gasteiger partial charge in [0.05, 0.1) is 36.1 Å². The van der Waals surface area contributed by atoms with Crippen LogP contribution in [-0.4, -0.2) is 22.2 Å². The minimum atomic E-state index is -0.838. The predicted octanol–water partition coefficient (Wildman–Crippen LogP) is 5.19. The van der Waals surface area contributed by atoms with Gasteiger partial charge in [-0.1, -0.05) is 0 Å². The Balaban J connectivity index is 2.06. The first-order chi connectivity index (χ1) is 16.4. The molecule has 8 heteroatoms. The summed E-state index contributed by atoms with van der Waals surface area (Å²) in [4.78, 5) is 9.22. The molecule has 0 radical (unpaired) electrons. The van der Waals surface area contributed by atoms with Gasteiger partial charge in [-0.2, -0.15) is 15.5 Å². The van der Waals surface area contributed by atoms with Crippen LogP contribution < -0.4 is 10.6 Å². The Bertz CT molecular complexity index is 1260. The van der Waals surface area contributed by atoms with Gasteiger partial charge in [0.15, 0.2) is 0 Å². The van der Waals surface area contributed by atoms with Crippen molar-refractivity contribution in [3.8, 4) is 12.1 Å². The van der Waals surface area contributed by atoms with Gasteiger partial charge in [0, 0.05) is 30.1 Å². The molecule has 8 nitrogen and oxygen atoms in total. The normalized spacial score (nSPS) is 11.6. The van der Waals surface area contributed by atoms with Crippen LogP contribution >= 0.6 is 0 Å². The van der Waals surface area contributed by atoms with Crippen LogP contribution in [0.1, 0.15) is 46.5 Å². The lowest BCUT2D eigenvalue weighted by Crippen LogP contribution is -2.13. The zero-order valence-corrected chi connectivity index (χ0v) is 19.5. The Morgan fingerprint density at radius 1 is 1.09 bits per heavy atom. The maximum Gasteiger partial charge on any atom is 0.229 e. The number of nitriles is 2. The number of ether oxygens (including phenoxy) is 1. The fourth-order valence-corrected chi connectivity index (χ4v) is 3.65. The molecular formula is C26H26N6O2. The molecule has 1 atom stereocenters. The van der Waals surface area contributed by atoms with E-state index in [1.165, 1.54) is 6.08 Å². The van der Waals surface area contributed by atoms with E-state index in [-0.39, 0.29) is 6.61 Å². The average molecular weight is 455 g/mol. The third kappa shape index (κ3) is 5.76. The van der Waals surface area contributed by atoms with Crippen LogP contribution in [0.5, 0.6) is 0 Å². The molecule has 0 saturated heterocycles. The highest BCUT2D eigenvalue weighted by molar-refractivity contribution is 5.71. The largest absolute Gasteiger partial charge is 0.388 e. The van der Waals surface area contributed by atoms with E-state index in [2.05, 4.69) is 26.7 Å². The van der Waals surface area contributed by atoms with Crippen molar-refractivity contribution < 1.29 is 9.84 Å². The highest BCUT2D eigenvalue weighted by Crippen LogP contribution is 2.32. The van der Waals surface area contributed by atoms with Gasteiger partial charge in [-0.15, -0.1) is 0 Å². The molecule has 0 aliphatic heterocycles. The van der Waals surface area contributed by atoms with Gasteiger partial charge in [0.1, 0.15) is 5.82 Å². The molecule has 0 amide bonds. The molecule has 2 aromatic carbocycles. The van der Waals surface area contributed by atoms with E-state index in [1.807, 2.05) is 32.0 Å². The number of nitrogens with zero attached hydrogens (tertiary/aromatic N) is 4. The van der Waals surface area contributed by atoms with Crippen molar-refractivity contribution in [2.45, 2.75) is 33.5 Å². The smallest absolute Gasteiger partial charge is 0.229 e. The lowest BCUT2D eigenvalue weighted by Gasteiger charge is -2.20. The van der Waals surface area contributed by atoms with Crippen LogP contribution in [0.3, 0.4) is 0 Å². The predicted molar refractivity (Wildman–Crippen MR) is 132 cm³/mol. The van der Waals surface area contributed by atoms with E-state index in [0.717, 1.165) is 28.1 Å². The van der Waals surface area contributed by atoms with Crippen molar-refractivity contribution >= 4 is 29.2 Å². The molecule has 1 heterocycles. The fourth-order valence-electron chi connectivity index (χ4n) is 3.65. The van der Waals surface area contributed by atoms with E-state index in [4.69, 9.17) is 15.3 Å². The topological polar surface area (TPSA) is 127 Å². The van der Waals surface area contributed by atoms with E-state index >= 15 is 0 Å². The second-order valence-corrected chi connectivity index (χ2v) is 7.80. The van der Waals surface area contributed by atoms with Crippen LogP contribution in [0.2, 0.25) is 0 Å². The number of aromatic nitrogens is 2. The van der Waals surface area contributed by atoms with E-state index in [9.17, 15) is 5.11 Å². The summed E-state index contributed by atoms with van der Waals surface area (Å²) in [7, 11) is 1.57. The molecule has 0 saturated carbocycles. The standard InChI is InChI=1S/C26H26N6O2/c1-16-12-20(6-5-11-27)13-17(2)24(16)31-25-23(18(3)33)22(15-34-4)30-26(32-25)29-21-9-7-19(14-28)8-10-21/h5-10,12-13,18,33H,15H2,1-4H3,(H2,29,30,31,32)/b6-5+. The summed E-state index contributed by atoms with van der Waals surface area (Å²) in [5.41, 5.74) is 6.06. The summed E-state index contributed by atoms with van der Waals surface area (Å²) in [5.74, 6) is 0.784.